The highest BCUT2D eigenvalue weighted by Crippen LogP contribution is 2.28. The summed E-state index contributed by atoms with van der Waals surface area (Å²) >= 11 is 0. The Balaban J connectivity index is 1.13. The molecule has 166 valence electrons. The molecule has 4 N–H and O–H groups in total. The van der Waals surface area contributed by atoms with Crippen LogP contribution < -0.4 is 21.4 Å². The number of hydrogen-bond acceptors (Lipinski definition) is 8. The van der Waals surface area contributed by atoms with Crippen LogP contribution in [0.4, 0.5) is 0 Å². The fourth-order valence-corrected chi connectivity index (χ4v) is 6.04. The molecule has 5 aliphatic heterocycles. The molecular weight excluding hydrogens is 368 g/mol. The molecule has 0 aromatic heterocycles. The summed E-state index contributed by atoms with van der Waals surface area (Å²) in [5, 5.41) is 11.1. The highest BCUT2D eigenvalue weighted by molar-refractivity contribution is 4.93. The maximum Gasteiger partial charge on any atom is 0.146 e. The number of nitrogens with zero attached hydrogens (tertiary/aromatic N) is 2. The fraction of sp³-hybridized carbons (Fsp3) is 1.00. The summed E-state index contributed by atoms with van der Waals surface area (Å²) in [5.41, 5.74) is 3.38. The minimum Gasteiger partial charge on any atom is -0.379 e. The van der Waals surface area contributed by atoms with Crippen molar-refractivity contribution in [3.63, 3.8) is 0 Å². The van der Waals surface area contributed by atoms with Crippen LogP contribution in [0.1, 0.15) is 38.5 Å². The highest BCUT2D eigenvalue weighted by atomic mass is 16.7. The second kappa shape index (κ2) is 9.87. The second-order valence-electron chi connectivity index (χ2n) is 9.62. The molecule has 0 aromatic rings. The van der Waals surface area contributed by atoms with Crippen LogP contribution in [0.2, 0.25) is 0 Å². The third-order valence-corrected chi connectivity index (χ3v) is 7.70. The normalized spacial score (nSPS) is 43.0. The van der Waals surface area contributed by atoms with Gasteiger partial charge in [-0.3, -0.25) is 20.0 Å². The molecular formula is C21H40N6O2. The molecule has 29 heavy (non-hydrogen) atoms. The van der Waals surface area contributed by atoms with Gasteiger partial charge in [0.25, 0.3) is 0 Å². The van der Waals surface area contributed by atoms with Gasteiger partial charge in [-0.05, 0) is 76.5 Å². The number of likely N-dealkylation sites (tertiary alicyclic amines) is 1. The van der Waals surface area contributed by atoms with Crippen molar-refractivity contribution in [2.24, 2.45) is 11.8 Å². The fourth-order valence-electron chi connectivity index (χ4n) is 6.04. The van der Waals surface area contributed by atoms with Crippen LogP contribution in [0, 0.1) is 11.8 Å². The molecule has 0 amide bonds. The molecule has 8 nitrogen and oxygen atoms in total. The predicted octanol–water partition coefficient (Wildman–Crippen LogP) is -0.115. The van der Waals surface area contributed by atoms with E-state index in [2.05, 4.69) is 31.2 Å². The second-order valence-corrected chi connectivity index (χ2v) is 9.62. The summed E-state index contributed by atoms with van der Waals surface area (Å²) in [4.78, 5) is 11.4. The first-order chi connectivity index (χ1) is 14.4. The minimum atomic E-state index is 0.121. The largest absolute Gasteiger partial charge is 0.379 e. The van der Waals surface area contributed by atoms with Crippen molar-refractivity contribution < 1.29 is 9.57 Å². The first-order valence-electron chi connectivity index (χ1n) is 12.0. The van der Waals surface area contributed by atoms with Gasteiger partial charge in [0, 0.05) is 19.6 Å². The van der Waals surface area contributed by atoms with Crippen molar-refractivity contribution in [3.8, 4) is 0 Å². The van der Waals surface area contributed by atoms with Crippen molar-refractivity contribution >= 4 is 0 Å². The van der Waals surface area contributed by atoms with Gasteiger partial charge in [0.05, 0.1) is 31.6 Å². The van der Waals surface area contributed by atoms with Gasteiger partial charge in [0.2, 0.25) is 0 Å². The Morgan fingerprint density at radius 3 is 2.76 bits per heavy atom. The molecule has 0 bridgehead atoms. The number of morpholine rings is 1. The molecule has 5 saturated heterocycles. The lowest BCUT2D eigenvalue weighted by molar-refractivity contribution is -0.0303. The van der Waals surface area contributed by atoms with Crippen molar-refractivity contribution in [3.05, 3.63) is 0 Å². The Morgan fingerprint density at radius 1 is 0.966 bits per heavy atom. The van der Waals surface area contributed by atoms with Gasteiger partial charge in [-0.2, -0.15) is 5.48 Å². The number of hydroxylamine groups is 1. The van der Waals surface area contributed by atoms with Gasteiger partial charge in [0.1, 0.15) is 6.23 Å². The molecule has 0 aliphatic carbocycles. The molecule has 5 aliphatic rings. The summed E-state index contributed by atoms with van der Waals surface area (Å²) in [6.45, 7) is 9.72. The molecule has 8 heteroatoms. The van der Waals surface area contributed by atoms with Crippen LogP contribution in [-0.4, -0.2) is 93.4 Å². The van der Waals surface area contributed by atoms with Crippen molar-refractivity contribution in [1.82, 2.24) is 31.2 Å². The van der Waals surface area contributed by atoms with E-state index in [1.165, 1.54) is 64.7 Å². The van der Waals surface area contributed by atoms with Gasteiger partial charge in [-0.1, -0.05) is 0 Å². The monoisotopic (exact) mass is 408 g/mol. The molecule has 5 heterocycles. The molecule has 0 spiro atoms. The zero-order valence-corrected chi connectivity index (χ0v) is 17.8. The molecule has 5 fully saturated rings. The quantitative estimate of drug-likeness (QED) is 0.502. The van der Waals surface area contributed by atoms with Crippen LogP contribution in [-0.2, 0) is 9.57 Å². The lowest BCUT2D eigenvalue weighted by atomic mass is 9.92. The molecule has 6 atom stereocenters. The summed E-state index contributed by atoms with van der Waals surface area (Å²) in [6.07, 6.45) is 8.46. The Labute approximate surface area is 175 Å². The average Bonchev–Trinajstić information content (AvgIpc) is 3.45. The molecule has 0 aromatic carbocycles. The van der Waals surface area contributed by atoms with Gasteiger partial charge in [0.15, 0.2) is 0 Å². The summed E-state index contributed by atoms with van der Waals surface area (Å²) in [5.74, 6) is 1.40. The topological polar surface area (TPSA) is 73.1 Å². The Kier molecular flexibility index (Phi) is 7.00. The number of hydrogen-bond donors (Lipinski definition) is 4. The van der Waals surface area contributed by atoms with Gasteiger partial charge in [-0.15, -0.1) is 0 Å². The molecule has 5 unspecified atom stereocenters. The average molecular weight is 409 g/mol. The smallest absolute Gasteiger partial charge is 0.146 e. The third kappa shape index (κ3) is 4.96. The number of rotatable bonds is 5. The first kappa shape index (κ1) is 20.6. The van der Waals surface area contributed by atoms with Gasteiger partial charge in [-0.25, -0.2) is 0 Å². The summed E-state index contributed by atoms with van der Waals surface area (Å²) in [7, 11) is 0. The van der Waals surface area contributed by atoms with Crippen LogP contribution in [0.5, 0.6) is 0 Å². The van der Waals surface area contributed by atoms with E-state index in [0.717, 1.165) is 38.8 Å². The minimum absolute atomic E-state index is 0.121. The van der Waals surface area contributed by atoms with E-state index in [1.54, 1.807) is 0 Å². The summed E-state index contributed by atoms with van der Waals surface area (Å²) in [6, 6.07) is 0.506. The van der Waals surface area contributed by atoms with Gasteiger partial charge < -0.3 is 15.4 Å². The van der Waals surface area contributed by atoms with E-state index in [1.807, 2.05) is 0 Å². The van der Waals surface area contributed by atoms with E-state index in [4.69, 9.17) is 9.57 Å². The lowest BCUT2D eigenvalue weighted by Gasteiger charge is -2.41. The molecule has 0 saturated carbocycles. The Morgan fingerprint density at radius 2 is 1.90 bits per heavy atom. The number of ether oxygens (including phenoxy) is 1. The van der Waals surface area contributed by atoms with E-state index in [0.29, 0.717) is 18.1 Å². The van der Waals surface area contributed by atoms with Crippen LogP contribution >= 0.6 is 0 Å². The van der Waals surface area contributed by atoms with Crippen LogP contribution in [0.25, 0.3) is 0 Å². The van der Waals surface area contributed by atoms with E-state index >= 15 is 0 Å². The standard InChI is InChI=1S/C21H40N6O2/c1-3-16(14-22-6-1)15-27-8-2-4-18(27)21-24-20(25-29-21)17-5-7-23-19(13-17)26-9-11-28-12-10-26/h16-25H,1-15H2/t16?,17?,18-,19?,20?,21?/m0/s1. The van der Waals surface area contributed by atoms with E-state index < -0.39 is 0 Å². The van der Waals surface area contributed by atoms with E-state index in [-0.39, 0.29) is 12.4 Å². The van der Waals surface area contributed by atoms with Crippen molar-refractivity contribution in [1.29, 1.82) is 0 Å². The van der Waals surface area contributed by atoms with Crippen LogP contribution in [0.15, 0.2) is 0 Å². The number of nitrogens with one attached hydrogen (secondary N) is 4. The highest BCUT2D eigenvalue weighted by Gasteiger charge is 2.41. The maximum atomic E-state index is 6.13. The van der Waals surface area contributed by atoms with Crippen molar-refractivity contribution in [2.45, 2.75) is 63.1 Å². The first-order valence-corrected chi connectivity index (χ1v) is 12.0. The van der Waals surface area contributed by atoms with Crippen LogP contribution in [0.3, 0.4) is 0 Å². The third-order valence-electron chi connectivity index (χ3n) is 7.70. The summed E-state index contributed by atoms with van der Waals surface area (Å²) < 4.78 is 5.53. The van der Waals surface area contributed by atoms with E-state index in [9.17, 15) is 0 Å². The Bertz CT molecular complexity index is 513. The van der Waals surface area contributed by atoms with Gasteiger partial charge >= 0.3 is 0 Å². The zero-order valence-electron chi connectivity index (χ0n) is 17.8. The van der Waals surface area contributed by atoms with Crippen molar-refractivity contribution in [2.75, 3.05) is 59.0 Å². The molecule has 5 rings (SSSR count). The predicted molar refractivity (Wildman–Crippen MR) is 112 cm³/mol. The maximum absolute atomic E-state index is 6.13. The Hall–Kier alpha value is -0.320. The SMILES string of the molecule is C1CNCC(CN2CCC[C@H]2C2NC(C3CCNC(N4CCOCC4)C3)NO2)C1. The number of piperidine rings is 2. The lowest BCUT2D eigenvalue weighted by Crippen LogP contribution is -2.57. The zero-order chi connectivity index (χ0) is 19.5. The molecule has 0 radical (unpaired) electrons.